The number of hydrogen-bond acceptors (Lipinski definition) is 3. The SMILES string of the molecule is NC(=O)CC1(O)CCCN(Cc2ccccc2Br)C1. The van der Waals surface area contributed by atoms with Crippen LogP contribution in [0.25, 0.3) is 0 Å². The molecule has 5 heteroatoms. The van der Waals surface area contributed by atoms with E-state index in [1.165, 1.54) is 5.56 Å². The lowest BCUT2D eigenvalue weighted by atomic mass is 9.89. The van der Waals surface area contributed by atoms with Gasteiger partial charge in [0.05, 0.1) is 12.0 Å². The Morgan fingerprint density at radius 2 is 2.21 bits per heavy atom. The van der Waals surface area contributed by atoms with Gasteiger partial charge in [-0.15, -0.1) is 0 Å². The Labute approximate surface area is 121 Å². The number of likely N-dealkylation sites (tertiary alicyclic amines) is 1. The predicted octanol–water partition coefficient (Wildman–Crippen LogP) is 1.65. The number of rotatable bonds is 4. The number of aliphatic hydroxyl groups is 1. The zero-order valence-corrected chi connectivity index (χ0v) is 12.4. The molecule has 0 bridgehead atoms. The number of carbonyl (C=O) groups is 1. The summed E-state index contributed by atoms with van der Waals surface area (Å²) in [4.78, 5) is 13.2. The zero-order valence-electron chi connectivity index (χ0n) is 10.8. The van der Waals surface area contributed by atoms with Crippen LogP contribution in [0.4, 0.5) is 0 Å². The fraction of sp³-hybridized carbons (Fsp3) is 0.500. The summed E-state index contributed by atoms with van der Waals surface area (Å²) in [7, 11) is 0. The Kier molecular flexibility index (Phi) is 4.60. The van der Waals surface area contributed by atoms with Crippen molar-refractivity contribution in [2.75, 3.05) is 13.1 Å². The van der Waals surface area contributed by atoms with Crippen LogP contribution in [0.15, 0.2) is 28.7 Å². The summed E-state index contributed by atoms with van der Waals surface area (Å²) in [6.45, 7) is 2.20. The van der Waals surface area contributed by atoms with E-state index in [0.717, 1.165) is 24.0 Å². The second-order valence-corrected chi connectivity index (χ2v) is 6.13. The Hall–Kier alpha value is -0.910. The lowest BCUT2D eigenvalue weighted by Crippen LogP contribution is -2.49. The molecule has 0 saturated carbocycles. The molecule has 1 heterocycles. The summed E-state index contributed by atoms with van der Waals surface area (Å²) >= 11 is 3.53. The van der Waals surface area contributed by atoms with Gasteiger partial charge in [-0.25, -0.2) is 0 Å². The highest BCUT2D eigenvalue weighted by atomic mass is 79.9. The largest absolute Gasteiger partial charge is 0.388 e. The normalized spacial score (nSPS) is 24.3. The number of carbonyl (C=O) groups excluding carboxylic acids is 1. The molecule has 1 aliphatic rings. The molecular weight excluding hydrogens is 308 g/mol. The first-order chi connectivity index (χ1) is 8.98. The van der Waals surface area contributed by atoms with Gasteiger partial charge < -0.3 is 10.8 Å². The van der Waals surface area contributed by atoms with Crippen molar-refractivity contribution in [1.29, 1.82) is 0 Å². The van der Waals surface area contributed by atoms with E-state index in [1.54, 1.807) is 0 Å². The molecule has 1 unspecified atom stereocenters. The van der Waals surface area contributed by atoms with E-state index in [9.17, 15) is 9.90 Å². The zero-order chi connectivity index (χ0) is 13.9. The van der Waals surface area contributed by atoms with Gasteiger partial charge in [0.25, 0.3) is 0 Å². The Morgan fingerprint density at radius 1 is 1.47 bits per heavy atom. The minimum Gasteiger partial charge on any atom is -0.388 e. The summed E-state index contributed by atoms with van der Waals surface area (Å²) in [5.74, 6) is -0.440. The Bertz CT molecular complexity index is 467. The highest BCUT2D eigenvalue weighted by molar-refractivity contribution is 9.10. The summed E-state index contributed by atoms with van der Waals surface area (Å²) in [5.41, 5.74) is 5.42. The number of hydrogen-bond donors (Lipinski definition) is 2. The predicted molar refractivity (Wildman–Crippen MR) is 77.4 cm³/mol. The molecule has 1 saturated heterocycles. The van der Waals surface area contributed by atoms with Crippen LogP contribution in [0.1, 0.15) is 24.8 Å². The van der Waals surface area contributed by atoms with Crippen LogP contribution in [-0.4, -0.2) is 34.6 Å². The summed E-state index contributed by atoms with van der Waals surface area (Å²) in [6, 6.07) is 8.05. The maximum Gasteiger partial charge on any atom is 0.220 e. The lowest BCUT2D eigenvalue weighted by molar-refractivity contribution is -0.125. The van der Waals surface area contributed by atoms with Crippen molar-refractivity contribution in [3.8, 4) is 0 Å². The summed E-state index contributed by atoms with van der Waals surface area (Å²) in [5, 5.41) is 10.4. The number of nitrogens with two attached hydrogens (primary N) is 1. The van der Waals surface area contributed by atoms with Crippen LogP contribution in [0.5, 0.6) is 0 Å². The van der Waals surface area contributed by atoms with Gasteiger partial charge in [0, 0.05) is 17.6 Å². The van der Waals surface area contributed by atoms with Gasteiger partial charge in [-0.2, -0.15) is 0 Å². The summed E-state index contributed by atoms with van der Waals surface area (Å²) in [6.07, 6.45) is 1.57. The summed E-state index contributed by atoms with van der Waals surface area (Å²) < 4.78 is 1.07. The third-order valence-corrected chi connectivity index (χ3v) is 4.26. The molecule has 3 N–H and O–H groups in total. The number of halogens is 1. The highest BCUT2D eigenvalue weighted by Gasteiger charge is 2.34. The van der Waals surface area contributed by atoms with Crippen molar-refractivity contribution in [3.05, 3.63) is 34.3 Å². The Morgan fingerprint density at radius 3 is 2.89 bits per heavy atom. The van der Waals surface area contributed by atoms with E-state index in [2.05, 4.69) is 26.9 Å². The lowest BCUT2D eigenvalue weighted by Gasteiger charge is -2.38. The number of primary amides is 1. The van der Waals surface area contributed by atoms with Crippen LogP contribution in [0, 0.1) is 0 Å². The number of benzene rings is 1. The second-order valence-electron chi connectivity index (χ2n) is 5.27. The van der Waals surface area contributed by atoms with E-state index in [1.807, 2.05) is 18.2 Å². The fourth-order valence-corrected chi connectivity index (χ4v) is 3.09. The van der Waals surface area contributed by atoms with Crippen molar-refractivity contribution in [2.24, 2.45) is 5.73 Å². The first-order valence-electron chi connectivity index (χ1n) is 6.45. The van der Waals surface area contributed by atoms with E-state index in [-0.39, 0.29) is 6.42 Å². The number of nitrogens with zero attached hydrogens (tertiary/aromatic N) is 1. The first kappa shape index (κ1) is 14.5. The average Bonchev–Trinajstić information content (AvgIpc) is 2.30. The topological polar surface area (TPSA) is 66.6 Å². The van der Waals surface area contributed by atoms with Crippen molar-refractivity contribution >= 4 is 21.8 Å². The van der Waals surface area contributed by atoms with Gasteiger partial charge >= 0.3 is 0 Å². The molecule has 1 amide bonds. The molecule has 104 valence electrons. The first-order valence-corrected chi connectivity index (χ1v) is 7.24. The third-order valence-electron chi connectivity index (χ3n) is 3.49. The van der Waals surface area contributed by atoms with Crippen LogP contribution < -0.4 is 5.73 Å². The van der Waals surface area contributed by atoms with Crippen molar-refractivity contribution in [2.45, 2.75) is 31.4 Å². The van der Waals surface area contributed by atoms with Crippen molar-refractivity contribution < 1.29 is 9.90 Å². The van der Waals surface area contributed by atoms with Crippen LogP contribution in [0.3, 0.4) is 0 Å². The van der Waals surface area contributed by atoms with Gasteiger partial charge in [0.2, 0.25) is 5.91 Å². The van der Waals surface area contributed by atoms with Crippen LogP contribution in [-0.2, 0) is 11.3 Å². The maximum atomic E-state index is 11.0. The van der Waals surface area contributed by atoms with Crippen LogP contribution >= 0.6 is 15.9 Å². The molecule has 0 radical (unpaired) electrons. The third kappa shape index (κ3) is 4.03. The van der Waals surface area contributed by atoms with Crippen molar-refractivity contribution in [1.82, 2.24) is 4.90 Å². The minimum atomic E-state index is -0.967. The quantitative estimate of drug-likeness (QED) is 0.884. The van der Waals surface area contributed by atoms with Gasteiger partial charge in [-0.3, -0.25) is 9.69 Å². The fourth-order valence-electron chi connectivity index (χ4n) is 2.68. The number of piperidine rings is 1. The smallest absolute Gasteiger partial charge is 0.220 e. The molecule has 1 atom stereocenters. The molecule has 2 rings (SSSR count). The molecule has 19 heavy (non-hydrogen) atoms. The van der Waals surface area contributed by atoms with E-state index >= 15 is 0 Å². The molecule has 0 aromatic heterocycles. The minimum absolute atomic E-state index is 0.0411. The highest BCUT2D eigenvalue weighted by Crippen LogP contribution is 2.26. The molecule has 0 aliphatic carbocycles. The van der Waals surface area contributed by atoms with Crippen LogP contribution in [0.2, 0.25) is 0 Å². The molecule has 1 fully saturated rings. The average molecular weight is 327 g/mol. The maximum absolute atomic E-state index is 11.0. The van der Waals surface area contributed by atoms with E-state index in [0.29, 0.717) is 13.0 Å². The molecule has 1 aromatic rings. The van der Waals surface area contributed by atoms with Gasteiger partial charge in [-0.1, -0.05) is 34.1 Å². The number of amides is 1. The Balaban J connectivity index is 2.02. The molecule has 4 nitrogen and oxygen atoms in total. The molecule has 1 aromatic carbocycles. The monoisotopic (exact) mass is 326 g/mol. The second kappa shape index (κ2) is 6.03. The molecule has 1 aliphatic heterocycles. The van der Waals surface area contributed by atoms with Gasteiger partial charge in [0.1, 0.15) is 0 Å². The van der Waals surface area contributed by atoms with E-state index < -0.39 is 11.5 Å². The van der Waals surface area contributed by atoms with Gasteiger partial charge in [-0.05, 0) is 31.0 Å². The molecular formula is C14H19BrN2O2. The standard InChI is InChI=1S/C14H19BrN2O2/c15-12-5-2-1-4-11(12)9-17-7-3-6-14(19,10-17)8-13(16)18/h1-2,4-5,19H,3,6-10H2,(H2,16,18). The number of β-amino-alcohol motifs (C(OH)–C–C–N with tert-alkyl or cyclic N) is 1. The van der Waals surface area contributed by atoms with E-state index in [4.69, 9.17) is 5.73 Å². The molecule has 0 spiro atoms. The van der Waals surface area contributed by atoms with Crippen molar-refractivity contribution in [3.63, 3.8) is 0 Å². The van der Waals surface area contributed by atoms with Gasteiger partial charge in [0.15, 0.2) is 0 Å².